The van der Waals surface area contributed by atoms with Crippen molar-refractivity contribution < 1.29 is 14.6 Å². The summed E-state index contributed by atoms with van der Waals surface area (Å²) in [5, 5.41) is 17.5. The van der Waals surface area contributed by atoms with Crippen molar-refractivity contribution in [1.29, 1.82) is 0 Å². The number of anilines is 2. The minimum atomic E-state index is -0.931. The minimum absolute atomic E-state index is 0.273. The molecule has 0 saturated heterocycles. The first-order chi connectivity index (χ1) is 14.1. The predicted molar refractivity (Wildman–Crippen MR) is 112 cm³/mol. The second kappa shape index (κ2) is 8.24. The number of nitrogens with one attached hydrogen (secondary N) is 1. The molecule has 0 aliphatic heterocycles. The van der Waals surface area contributed by atoms with Crippen LogP contribution in [-0.4, -0.2) is 32.8 Å². The zero-order valence-corrected chi connectivity index (χ0v) is 16.4. The lowest BCUT2D eigenvalue weighted by Gasteiger charge is -2.10. The lowest BCUT2D eigenvalue weighted by molar-refractivity contribution is 0.0697. The van der Waals surface area contributed by atoms with Gasteiger partial charge in [0.1, 0.15) is 11.3 Å². The largest absolute Gasteiger partial charge is 0.497 e. The van der Waals surface area contributed by atoms with Gasteiger partial charge in [0.05, 0.1) is 12.7 Å². The zero-order chi connectivity index (χ0) is 20.2. The summed E-state index contributed by atoms with van der Waals surface area (Å²) in [5.74, 6) is 1.20. The summed E-state index contributed by atoms with van der Waals surface area (Å²) in [6.45, 7) is 0. The number of carboxylic acid groups (broad SMARTS) is 1. The van der Waals surface area contributed by atoms with E-state index in [4.69, 9.17) is 9.84 Å². The summed E-state index contributed by atoms with van der Waals surface area (Å²) in [5.41, 5.74) is 3.04. The highest BCUT2D eigenvalue weighted by Gasteiger charge is 2.10. The first kappa shape index (κ1) is 18.8. The van der Waals surface area contributed by atoms with E-state index in [0.717, 1.165) is 22.5 Å². The number of ether oxygens (including phenoxy) is 1. The monoisotopic (exact) mass is 406 g/mol. The Morgan fingerprint density at radius 1 is 1.14 bits per heavy atom. The number of methoxy groups -OCH3 is 1. The van der Waals surface area contributed by atoms with E-state index in [-0.39, 0.29) is 5.56 Å². The molecule has 4 aromatic rings. The van der Waals surface area contributed by atoms with Gasteiger partial charge in [-0.05, 0) is 54.1 Å². The van der Waals surface area contributed by atoms with Crippen molar-refractivity contribution in [1.82, 2.24) is 14.6 Å². The van der Waals surface area contributed by atoms with Gasteiger partial charge in [-0.2, -0.15) is 0 Å². The minimum Gasteiger partial charge on any atom is -0.497 e. The van der Waals surface area contributed by atoms with Crippen molar-refractivity contribution >= 4 is 34.8 Å². The predicted octanol–water partition coefficient (Wildman–Crippen LogP) is 4.47. The highest BCUT2D eigenvalue weighted by atomic mass is 32.2. The summed E-state index contributed by atoms with van der Waals surface area (Å²) < 4.78 is 6.98. The van der Waals surface area contributed by atoms with Crippen molar-refractivity contribution in [3.63, 3.8) is 0 Å². The van der Waals surface area contributed by atoms with Crippen LogP contribution >= 0.6 is 11.8 Å². The van der Waals surface area contributed by atoms with Gasteiger partial charge in [-0.1, -0.05) is 23.9 Å². The average Bonchev–Trinajstić information content (AvgIpc) is 3.22. The number of rotatable bonds is 7. The molecule has 8 heteroatoms. The number of carbonyl (C=O) groups is 1. The summed E-state index contributed by atoms with van der Waals surface area (Å²) >= 11 is 1.49. The summed E-state index contributed by atoms with van der Waals surface area (Å²) in [6, 6.07) is 18.3. The van der Waals surface area contributed by atoms with Crippen LogP contribution in [0, 0.1) is 0 Å². The molecule has 2 heterocycles. The van der Waals surface area contributed by atoms with E-state index in [9.17, 15) is 4.79 Å². The molecule has 0 radical (unpaired) electrons. The molecule has 2 N–H and O–H groups in total. The second-order valence-corrected chi connectivity index (χ2v) is 7.17. The highest BCUT2D eigenvalue weighted by molar-refractivity contribution is 7.98. The number of benzene rings is 2. The molecule has 4 rings (SSSR count). The zero-order valence-electron chi connectivity index (χ0n) is 15.6. The number of aromatic nitrogens is 3. The maximum atomic E-state index is 11.0. The van der Waals surface area contributed by atoms with Crippen LogP contribution in [0.25, 0.3) is 5.52 Å². The molecule has 0 fully saturated rings. The third-order valence-corrected chi connectivity index (χ3v) is 5.20. The first-order valence-electron chi connectivity index (χ1n) is 8.84. The molecular weight excluding hydrogens is 388 g/mol. The van der Waals surface area contributed by atoms with Crippen LogP contribution < -0.4 is 10.1 Å². The normalized spacial score (nSPS) is 10.8. The molecule has 0 saturated carbocycles. The van der Waals surface area contributed by atoms with Crippen molar-refractivity contribution in [3.8, 4) is 5.75 Å². The van der Waals surface area contributed by atoms with Gasteiger partial charge >= 0.3 is 5.97 Å². The van der Waals surface area contributed by atoms with E-state index in [1.807, 2.05) is 42.6 Å². The molecule has 0 amide bonds. The summed E-state index contributed by atoms with van der Waals surface area (Å²) in [4.78, 5) is 15.6. The standard InChI is InChI=1S/C21H18N4O3S/c1-28-17-10-8-16(9-11-17)22-19-18-3-2-12-25(18)24-21(23-19)29-13-14-4-6-15(7-5-14)20(26)27/h2-12H,13H2,1H3,(H,26,27)(H,22,23,24). The SMILES string of the molecule is COc1ccc(Nc2nc(SCc3ccc(C(=O)O)cc3)nn3cccc23)cc1. The smallest absolute Gasteiger partial charge is 0.335 e. The van der Waals surface area contributed by atoms with Crippen LogP contribution in [0.3, 0.4) is 0 Å². The van der Waals surface area contributed by atoms with Crippen molar-refractivity contribution in [3.05, 3.63) is 78.0 Å². The van der Waals surface area contributed by atoms with E-state index in [1.165, 1.54) is 11.8 Å². The van der Waals surface area contributed by atoms with Crippen LogP contribution in [0.5, 0.6) is 5.75 Å². The van der Waals surface area contributed by atoms with E-state index in [2.05, 4.69) is 15.4 Å². The Kier molecular flexibility index (Phi) is 5.35. The summed E-state index contributed by atoms with van der Waals surface area (Å²) in [7, 11) is 1.63. The molecule has 146 valence electrons. The van der Waals surface area contributed by atoms with Crippen LogP contribution in [0.15, 0.2) is 72.0 Å². The highest BCUT2D eigenvalue weighted by Crippen LogP contribution is 2.26. The molecule has 29 heavy (non-hydrogen) atoms. The Labute approximate surface area is 171 Å². The average molecular weight is 406 g/mol. The Balaban J connectivity index is 1.54. The molecular formula is C21H18N4O3S. The van der Waals surface area contributed by atoms with Crippen LogP contribution in [0.1, 0.15) is 15.9 Å². The Hall–Kier alpha value is -3.52. The van der Waals surface area contributed by atoms with E-state index < -0.39 is 5.97 Å². The quantitative estimate of drug-likeness (QED) is 0.438. The number of hydrogen-bond donors (Lipinski definition) is 2. The Morgan fingerprint density at radius 3 is 2.59 bits per heavy atom. The van der Waals surface area contributed by atoms with Crippen molar-refractivity contribution in [2.24, 2.45) is 0 Å². The lowest BCUT2D eigenvalue weighted by Crippen LogP contribution is -2.03. The first-order valence-corrected chi connectivity index (χ1v) is 9.82. The van der Waals surface area contributed by atoms with Gasteiger partial charge in [-0.3, -0.25) is 0 Å². The number of aromatic carboxylic acids is 1. The van der Waals surface area contributed by atoms with Gasteiger partial charge in [0.15, 0.2) is 5.82 Å². The number of hydrogen-bond acceptors (Lipinski definition) is 6. The molecule has 0 atom stereocenters. The van der Waals surface area contributed by atoms with Gasteiger partial charge in [-0.15, -0.1) is 5.10 Å². The molecule has 0 aliphatic carbocycles. The van der Waals surface area contributed by atoms with E-state index >= 15 is 0 Å². The molecule has 0 aliphatic rings. The van der Waals surface area contributed by atoms with Gasteiger partial charge in [0.2, 0.25) is 5.16 Å². The van der Waals surface area contributed by atoms with Crippen LogP contribution in [0.4, 0.5) is 11.5 Å². The second-order valence-electron chi connectivity index (χ2n) is 6.23. The van der Waals surface area contributed by atoms with Gasteiger partial charge < -0.3 is 15.2 Å². The maximum Gasteiger partial charge on any atom is 0.335 e. The number of fused-ring (bicyclic) bond motifs is 1. The van der Waals surface area contributed by atoms with E-state index in [0.29, 0.717) is 16.7 Å². The molecule has 0 spiro atoms. The number of nitrogens with zero attached hydrogens (tertiary/aromatic N) is 3. The van der Waals surface area contributed by atoms with Crippen molar-refractivity contribution in [2.45, 2.75) is 10.9 Å². The molecule has 2 aromatic heterocycles. The third-order valence-electron chi connectivity index (χ3n) is 4.29. The molecule has 2 aromatic carbocycles. The Bertz CT molecular complexity index is 1140. The van der Waals surface area contributed by atoms with Gasteiger partial charge in [0, 0.05) is 17.6 Å². The van der Waals surface area contributed by atoms with Crippen molar-refractivity contribution in [2.75, 3.05) is 12.4 Å². The Morgan fingerprint density at radius 2 is 1.90 bits per heavy atom. The topological polar surface area (TPSA) is 88.8 Å². The van der Waals surface area contributed by atoms with Gasteiger partial charge in [0.25, 0.3) is 0 Å². The maximum absolute atomic E-state index is 11.0. The molecule has 0 bridgehead atoms. The van der Waals surface area contributed by atoms with E-state index in [1.54, 1.807) is 35.9 Å². The lowest BCUT2D eigenvalue weighted by atomic mass is 10.1. The summed E-state index contributed by atoms with van der Waals surface area (Å²) in [6.07, 6.45) is 1.88. The molecule has 0 unspecified atom stereocenters. The van der Waals surface area contributed by atoms with Crippen LogP contribution in [-0.2, 0) is 5.75 Å². The fraction of sp³-hybridized carbons (Fsp3) is 0.0952. The fourth-order valence-corrected chi connectivity index (χ4v) is 3.56. The van der Waals surface area contributed by atoms with Crippen LogP contribution in [0.2, 0.25) is 0 Å². The number of carboxylic acids is 1. The molecule has 7 nitrogen and oxygen atoms in total. The van der Waals surface area contributed by atoms with Gasteiger partial charge in [-0.25, -0.2) is 14.3 Å². The third kappa shape index (κ3) is 4.33. The number of thioether (sulfide) groups is 1. The fourth-order valence-electron chi connectivity index (χ4n) is 2.77.